The molecular weight excluding hydrogens is 244 g/mol. The molecule has 0 aromatic heterocycles. The lowest BCUT2D eigenvalue weighted by molar-refractivity contribution is -0.166. The molecule has 1 atom stereocenters. The van der Waals surface area contributed by atoms with E-state index in [4.69, 9.17) is 4.74 Å². The third-order valence-electron chi connectivity index (χ3n) is 4.40. The Morgan fingerprint density at radius 2 is 2.05 bits per heavy atom. The molecule has 1 aromatic carbocycles. The lowest BCUT2D eigenvalue weighted by Crippen LogP contribution is -2.53. The van der Waals surface area contributed by atoms with E-state index in [1.165, 1.54) is 0 Å². The van der Waals surface area contributed by atoms with Gasteiger partial charge in [0.05, 0.1) is 18.1 Å². The van der Waals surface area contributed by atoms with E-state index in [1.807, 2.05) is 18.2 Å². The molecule has 4 heteroatoms. The number of carboxylic acids is 1. The molecule has 104 valence electrons. The fraction of sp³-hybridized carbons (Fsp3) is 0.533. The van der Waals surface area contributed by atoms with Crippen LogP contribution in [0.3, 0.4) is 0 Å². The first kappa shape index (κ1) is 13.9. The van der Waals surface area contributed by atoms with Gasteiger partial charge in [0, 0.05) is 6.42 Å². The summed E-state index contributed by atoms with van der Waals surface area (Å²) in [6.45, 7) is 3.17. The predicted octanol–water partition coefficient (Wildman–Crippen LogP) is 2.03. The molecule has 1 aliphatic carbocycles. The van der Waals surface area contributed by atoms with Crippen molar-refractivity contribution >= 4 is 5.97 Å². The van der Waals surface area contributed by atoms with Crippen molar-refractivity contribution in [2.45, 2.75) is 38.7 Å². The first-order chi connectivity index (χ1) is 8.80. The molecule has 1 aliphatic rings. The maximum absolute atomic E-state index is 11.4. The topological polar surface area (TPSA) is 66.8 Å². The van der Waals surface area contributed by atoms with Crippen molar-refractivity contribution < 1.29 is 19.7 Å². The Bertz CT molecular complexity index is 507. The molecule has 0 bridgehead atoms. The molecule has 0 saturated carbocycles. The minimum absolute atomic E-state index is 0.346. The van der Waals surface area contributed by atoms with E-state index in [0.29, 0.717) is 19.3 Å². The molecular formula is C15H20O4. The summed E-state index contributed by atoms with van der Waals surface area (Å²) in [6, 6.07) is 5.77. The summed E-state index contributed by atoms with van der Waals surface area (Å²) < 4.78 is 5.18. The summed E-state index contributed by atoms with van der Waals surface area (Å²) >= 11 is 0. The summed E-state index contributed by atoms with van der Waals surface area (Å²) in [7, 11) is 1.60. The molecule has 4 nitrogen and oxygen atoms in total. The molecule has 0 aliphatic heterocycles. The molecule has 0 radical (unpaired) electrons. The Labute approximate surface area is 113 Å². The van der Waals surface area contributed by atoms with Gasteiger partial charge in [0.1, 0.15) is 5.75 Å². The van der Waals surface area contributed by atoms with Gasteiger partial charge in [-0.05, 0) is 49.9 Å². The normalized spacial score (nSPS) is 22.7. The maximum Gasteiger partial charge on any atom is 0.312 e. The Morgan fingerprint density at radius 1 is 1.37 bits per heavy atom. The van der Waals surface area contributed by atoms with Gasteiger partial charge in [0.2, 0.25) is 0 Å². The molecule has 19 heavy (non-hydrogen) atoms. The van der Waals surface area contributed by atoms with Gasteiger partial charge in [-0.3, -0.25) is 4.79 Å². The van der Waals surface area contributed by atoms with Crippen molar-refractivity contribution in [2.24, 2.45) is 5.41 Å². The van der Waals surface area contributed by atoms with E-state index in [2.05, 4.69) is 0 Å². The summed E-state index contributed by atoms with van der Waals surface area (Å²) in [5, 5.41) is 20.1. The number of carbonyl (C=O) groups is 1. The smallest absolute Gasteiger partial charge is 0.312 e. The summed E-state index contributed by atoms with van der Waals surface area (Å²) in [6.07, 6.45) is 1.50. The number of carboxylic acid groups (broad SMARTS) is 1. The highest BCUT2D eigenvalue weighted by atomic mass is 16.5. The number of aliphatic hydroxyl groups is 1. The number of methoxy groups -OCH3 is 1. The number of ether oxygens (including phenoxy) is 1. The van der Waals surface area contributed by atoms with Gasteiger partial charge in [-0.25, -0.2) is 0 Å². The summed E-state index contributed by atoms with van der Waals surface area (Å²) in [5.74, 6) is -0.238. The third kappa shape index (κ3) is 2.21. The van der Waals surface area contributed by atoms with Crippen molar-refractivity contribution in [1.82, 2.24) is 0 Å². The predicted molar refractivity (Wildman–Crippen MR) is 71.4 cm³/mol. The maximum atomic E-state index is 11.4. The zero-order valence-corrected chi connectivity index (χ0v) is 11.6. The highest BCUT2D eigenvalue weighted by Gasteiger charge is 2.50. The molecule has 0 amide bonds. The van der Waals surface area contributed by atoms with Crippen LogP contribution in [-0.4, -0.2) is 28.9 Å². The minimum atomic E-state index is -1.22. The lowest BCUT2D eigenvalue weighted by Gasteiger charge is -2.43. The second-order valence-electron chi connectivity index (χ2n) is 5.77. The Balaban J connectivity index is 2.37. The van der Waals surface area contributed by atoms with Crippen molar-refractivity contribution in [3.05, 3.63) is 29.3 Å². The van der Waals surface area contributed by atoms with E-state index in [0.717, 1.165) is 16.9 Å². The van der Waals surface area contributed by atoms with E-state index in [9.17, 15) is 15.0 Å². The number of hydrogen-bond donors (Lipinski definition) is 2. The van der Waals surface area contributed by atoms with Gasteiger partial charge < -0.3 is 14.9 Å². The quantitative estimate of drug-likeness (QED) is 0.876. The third-order valence-corrected chi connectivity index (χ3v) is 4.40. The summed E-state index contributed by atoms with van der Waals surface area (Å²) in [5.41, 5.74) is -0.263. The molecule has 0 saturated heterocycles. The second-order valence-corrected chi connectivity index (χ2v) is 5.77. The number of aryl methyl sites for hydroxylation is 1. The van der Waals surface area contributed by atoms with Gasteiger partial charge in [-0.15, -0.1) is 0 Å². The van der Waals surface area contributed by atoms with Crippen LogP contribution in [0.1, 0.15) is 31.4 Å². The van der Waals surface area contributed by atoms with Crippen LogP contribution in [0.5, 0.6) is 5.75 Å². The molecule has 0 spiro atoms. The van der Waals surface area contributed by atoms with Gasteiger partial charge in [0.15, 0.2) is 0 Å². The fourth-order valence-corrected chi connectivity index (χ4v) is 2.62. The van der Waals surface area contributed by atoms with Crippen LogP contribution in [0.4, 0.5) is 0 Å². The molecule has 1 aromatic rings. The van der Waals surface area contributed by atoms with Crippen LogP contribution in [0.25, 0.3) is 0 Å². The van der Waals surface area contributed by atoms with Crippen molar-refractivity contribution in [2.75, 3.05) is 7.11 Å². The van der Waals surface area contributed by atoms with Gasteiger partial charge >= 0.3 is 5.97 Å². The van der Waals surface area contributed by atoms with Crippen LogP contribution in [0.2, 0.25) is 0 Å². The Kier molecular flexibility index (Phi) is 3.31. The van der Waals surface area contributed by atoms with Gasteiger partial charge in [-0.1, -0.05) is 6.07 Å². The number of benzene rings is 1. The first-order valence-corrected chi connectivity index (χ1v) is 6.42. The number of fused-ring (bicyclic) bond motifs is 1. The number of aliphatic carboxylic acids is 1. The van der Waals surface area contributed by atoms with Crippen LogP contribution in [0, 0.1) is 5.41 Å². The van der Waals surface area contributed by atoms with Crippen molar-refractivity contribution in [3.8, 4) is 5.75 Å². The minimum Gasteiger partial charge on any atom is -0.497 e. The molecule has 0 heterocycles. The van der Waals surface area contributed by atoms with Crippen LogP contribution < -0.4 is 4.74 Å². The Morgan fingerprint density at radius 3 is 2.63 bits per heavy atom. The molecule has 2 rings (SSSR count). The van der Waals surface area contributed by atoms with E-state index in [-0.39, 0.29) is 0 Å². The van der Waals surface area contributed by atoms with E-state index < -0.39 is 17.0 Å². The standard InChI is InChI=1S/C15H20O4/c1-14(2,13(16)17)15(18)7-6-10-4-5-12(19-3)8-11(10)9-15/h4-5,8,18H,6-7,9H2,1-3H3,(H,16,17). The first-order valence-electron chi connectivity index (χ1n) is 6.42. The largest absolute Gasteiger partial charge is 0.497 e. The number of hydrogen-bond acceptors (Lipinski definition) is 3. The molecule has 0 fully saturated rings. The van der Waals surface area contributed by atoms with E-state index in [1.54, 1.807) is 21.0 Å². The van der Waals surface area contributed by atoms with Gasteiger partial charge in [0.25, 0.3) is 0 Å². The average molecular weight is 264 g/mol. The summed E-state index contributed by atoms with van der Waals surface area (Å²) in [4.78, 5) is 11.4. The fourth-order valence-electron chi connectivity index (χ4n) is 2.62. The zero-order chi connectivity index (χ0) is 14.3. The van der Waals surface area contributed by atoms with E-state index >= 15 is 0 Å². The zero-order valence-electron chi connectivity index (χ0n) is 11.6. The van der Waals surface area contributed by atoms with Crippen LogP contribution in [0.15, 0.2) is 18.2 Å². The van der Waals surface area contributed by atoms with Crippen molar-refractivity contribution in [3.63, 3.8) is 0 Å². The molecule has 1 unspecified atom stereocenters. The van der Waals surface area contributed by atoms with Crippen molar-refractivity contribution in [1.29, 1.82) is 0 Å². The molecule has 2 N–H and O–H groups in total. The highest BCUT2D eigenvalue weighted by Crippen LogP contribution is 2.42. The average Bonchev–Trinajstić information content (AvgIpc) is 2.37. The number of rotatable bonds is 3. The monoisotopic (exact) mass is 264 g/mol. The highest BCUT2D eigenvalue weighted by molar-refractivity contribution is 5.75. The SMILES string of the molecule is COc1ccc2c(c1)CC(O)(C(C)(C)C(=O)O)CC2. The lowest BCUT2D eigenvalue weighted by atomic mass is 9.66. The van der Waals surface area contributed by atoms with Crippen LogP contribution in [-0.2, 0) is 17.6 Å². The Hall–Kier alpha value is -1.55. The second kappa shape index (κ2) is 4.53. The van der Waals surface area contributed by atoms with Crippen LogP contribution >= 0.6 is 0 Å². The van der Waals surface area contributed by atoms with Gasteiger partial charge in [-0.2, -0.15) is 0 Å².